The number of nitrogens with one attached hydrogen (secondary N) is 1. The fourth-order valence-corrected chi connectivity index (χ4v) is 4.65. The van der Waals surface area contributed by atoms with Gasteiger partial charge in [0.15, 0.2) is 6.04 Å². The molecule has 0 saturated carbocycles. The molecular weight excluding hydrogens is 604 g/mol. The predicted molar refractivity (Wildman–Crippen MR) is 113 cm³/mol. The second-order valence-electron chi connectivity index (χ2n) is 7.46. The molecule has 13 heteroatoms. The number of hydrogen-bond donors (Lipinski definition) is 3. The van der Waals surface area contributed by atoms with Crippen molar-refractivity contribution in [3.63, 3.8) is 0 Å². The molecule has 2 atom stereocenters. The number of aromatic hydroxyl groups is 1. The summed E-state index contributed by atoms with van der Waals surface area (Å²) in [5, 5.41) is 30.7. The molecule has 0 bridgehead atoms. The number of amides is 1. The van der Waals surface area contributed by atoms with Gasteiger partial charge in [-0.25, -0.2) is 4.79 Å². The third-order valence-electron chi connectivity index (χ3n) is 4.72. The summed E-state index contributed by atoms with van der Waals surface area (Å²) in [7, 11) is 3.99. The lowest BCUT2D eigenvalue weighted by Gasteiger charge is -2.31. The molecule has 1 amide bonds. The largest absolute Gasteiger partial charge is 0.542 e. The van der Waals surface area contributed by atoms with Gasteiger partial charge in [0.05, 0.1) is 28.7 Å². The number of nitrogens with zero attached hydrogens (tertiary/aromatic N) is 1. The van der Waals surface area contributed by atoms with Gasteiger partial charge in [0.2, 0.25) is 0 Å². The van der Waals surface area contributed by atoms with E-state index in [2.05, 4.69) is 21.2 Å². The highest BCUT2D eigenvalue weighted by atomic mass is 127. The predicted octanol–water partition coefficient (Wildman–Crippen LogP) is 1.41. The number of carboxylic acid groups (broad SMARTS) is 2. The van der Waals surface area contributed by atoms with Crippen molar-refractivity contribution in [3.05, 3.63) is 25.7 Å². The van der Waals surface area contributed by atoms with Crippen molar-refractivity contribution in [2.24, 2.45) is 0 Å². The molecule has 174 valence electrons. The van der Waals surface area contributed by atoms with Gasteiger partial charge in [-0.1, -0.05) is 0 Å². The van der Waals surface area contributed by atoms with E-state index in [1.54, 1.807) is 12.1 Å². The van der Waals surface area contributed by atoms with Crippen LogP contribution in [0.5, 0.6) is 5.75 Å². The van der Waals surface area contributed by atoms with Crippen molar-refractivity contribution in [2.75, 3.05) is 20.6 Å². The number of alkyl halides is 3. The average Bonchev–Trinajstić information content (AvgIpc) is 2.97. The highest BCUT2D eigenvalue weighted by Gasteiger charge is 2.40. The maximum Gasteiger partial charge on any atom is 0.430 e. The van der Waals surface area contributed by atoms with Crippen LogP contribution in [0.4, 0.5) is 13.2 Å². The van der Waals surface area contributed by atoms with E-state index >= 15 is 0 Å². The lowest BCUT2D eigenvalue weighted by atomic mass is 10.0. The number of phenolic OH excluding ortho intramolecular Hbond substituents is 1. The lowest BCUT2D eigenvalue weighted by molar-refractivity contribution is -0.893. The second kappa shape index (κ2) is 10.8. The molecule has 3 N–H and O–H groups in total. The quantitative estimate of drug-likeness (QED) is 0.336. The maximum atomic E-state index is 12.5. The van der Waals surface area contributed by atoms with Crippen LogP contribution in [0.2, 0.25) is 0 Å². The molecule has 1 aliphatic rings. The van der Waals surface area contributed by atoms with E-state index < -0.39 is 24.2 Å². The van der Waals surface area contributed by atoms with E-state index in [0.717, 1.165) is 24.9 Å². The number of rotatable bonds is 5. The number of carbonyl (C=O) groups is 3. The van der Waals surface area contributed by atoms with Gasteiger partial charge in [0.1, 0.15) is 17.8 Å². The van der Waals surface area contributed by atoms with Gasteiger partial charge >= 0.3 is 12.1 Å². The third kappa shape index (κ3) is 8.11. The molecular formula is C18H21BrF3IN2O6. The van der Waals surface area contributed by atoms with Crippen LogP contribution in [0, 0.1) is 3.57 Å². The van der Waals surface area contributed by atoms with Crippen molar-refractivity contribution in [2.45, 2.75) is 37.5 Å². The van der Waals surface area contributed by atoms with Crippen LogP contribution >= 0.6 is 38.5 Å². The summed E-state index contributed by atoms with van der Waals surface area (Å²) < 4.78 is 33.3. The first-order valence-electron chi connectivity index (χ1n) is 8.87. The molecule has 1 heterocycles. The Morgan fingerprint density at radius 1 is 1.35 bits per heavy atom. The SMILES string of the molecule is C[N+]1(C)CCC[C@@H]1C(=O)N[C@@H](Cc1cc(Br)c(O)c(I)c1)C(=O)O.O=C([O-])C(F)(F)F. The summed E-state index contributed by atoms with van der Waals surface area (Å²) in [5.41, 5.74) is 0.733. The molecule has 1 aromatic carbocycles. The molecule has 0 radical (unpaired) electrons. The van der Waals surface area contributed by atoms with Gasteiger partial charge in [-0.05, 0) is 56.2 Å². The Morgan fingerprint density at radius 2 is 1.90 bits per heavy atom. The van der Waals surface area contributed by atoms with Crippen molar-refractivity contribution in [3.8, 4) is 5.75 Å². The molecule has 8 nitrogen and oxygen atoms in total. The van der Waals surface area contributed by atoms with E-state index in [9.17, 15) is 33.0 Å². The topological polar surface area (TPSA) is 127 Å². The van der Waals surface area contributed by atoms with E-state index in [1.165, 1.54) is 0 Å². The molecule has 0 unspecified atom stereocenters. The minimum absolute atomic E-state index is 0.125. The number of quaternary nitrogens is 1. The number of likely N-dealkylation sites (tertiary alicyclic amines) is 1. The third-order valence-corrected chi connectivity index (χ3v) is 6.15. The van der Waals surface area contributed by atoms with Gasteiger partial charge in [0, 0.05) is 19.3 Å². The molecule has 1 saturated heterocycles. The lowest BCUT2D eigenvalue weighted by Crippen LogP contribution is -2.55. The fraction of sp³-hybridized carbons (Fsp3) is 0.500. The van der Waals surface area contributed by atoms with Gasteiger partial charge < -0.3 is 29.9 Å². The van der Waals surface area contributed by atoms with Crippen LogP contribution in [-0.4, -0.2) is 71.4 Å². The highest BCUT2D eigenvalue weighted by molar-refractivity contribution is 14.1. The molecule has 1 fully saturated rings. The van der Waals surface area contributed by atoms with Gasteiger partial charge in [-0.3, -0.25) is 4.79 Å². The Morgan fingerprint density at radius 3 is 2.29 bits per heavy atom. The number of hydrogen-bond acceptors (Lipinski definition) is 5. The van der Waals surface area contributed by atoms with Crippen molar-refractivity contribution >= 4 is 56.4 Å². The van der Waals surface area contributed by atoms with Crippen LogP contribution < -0.4 is 10.4 Å². The van der Waals surface area contributed by atoms with Gasteiger partial charge in [-0.15, -0.1) is 0 Å². The summed E-state index contributed by atoms with van der Waals surface area (Å²) >= 11 is 5.23. The Kier molecular flexibility index (Phi) is 9.56. The number of benzene rings is 1. The zero-order valence-electron chi connectivity index (χ0n) is 16.5. The first-order chi connectivity index (χ1) is 14.1. The van der Waals surface area contributed by atoms with Gasteiger partial charge in [0.25, 0.3) is 5.91 Å². The van der Waals surface area contributed by atoms with Crippen LogP contribution in [0.1, 0.15) is 18.4 Å². The maximum absolute atomic E-state index is 12.5. The normalized spacial score (nSPS) is 18.5. The summed E-state index contributed by atoms with van der Waals surface area (Å²) in [6.45, 7) is 0.916. The smallest absolute Gasteiger partial charge is 0.430 e. The summed E-state index contributed by atoms with van der Waals surface area (Å²) in [5.74, 6) is -4.16. The minimum atomic E-state index is -5.19. The molecule has 31 heavy (non-hydrogen) atoms. The Labute approximate surface area is 198 Å². The van der Waals surface area contributed by atoms with Crippen molar-refractivity contribution in [1.29, 1.82) is 0 Å². The van der Waals surface area contributed by atoms with Crippen LogP contribution in [-0.2, 0) is 20.8 Å². The number of carbonyl (C=O) groups excluding carboxylic acids is 2. The summed E-state index contributed by atoms with van der Waals surface area (Å²) in [6.07, 6.45) is -3.30. The second-order valence-corrected chi connectivity index (χ2v) is 9.47. The van der Waals surface area contributed by atoms with E-state index in [4.69, 9.17) is 9.90 Å². The van der Waals surface area contributed by atoms with E-state index in [-0.39, 0.29) is 24.1 Å². The Bertz CT molecular complexity index is 827. The fourth-order valence-electron chi connectivity index (χ4n) is 3.09. The first kappa shape index (κ1) is 27.4. The molecule has 0 spiro atoms. The molecule has 2 rings (SSSR count). The summed E-state index contributed by atoms with van der Waals surface area (Å²) in [6, 6.07) is 2.19. The Hall–Kier alpha value is -1.61. The summed E-state index contributed by atoms with van der Waals surface area (Å²) in [4.78, 5) is 32.9. The van der Waals surface area contributed by atoms with E-state index in [1.807, 2.05) is 36.7 Å². The van der Waals surface area contributed by atoms with E-state index in [0.29, 0.717) is 12.5 Å². The number of carboxylic acids is 2. The number of likely N-dealkylation sites (N-methyl/N-ethyl adjacent to an activating group) is 1. The molecule has 1 aromatic rings. The first-order valence-corrected chi connectivity index (χ1v) is 10.7. The molecule has 0 aromatic heterocycles. The minimum Gasteiger partial charge on any atom is -0.542 e. The van der Waals surface area contributed by atoms with Crippen LogP contribution in [0.25, 0.3) is 0 Å². The van der Waals surface area contributed by atoms with Gasteiger partial charge in [-0.2, -0.15) is 13.2 Å². The molecule has 0 aliphatic carbocycles. The average molecular weight is 625 g/mol. The highest BCUT2D eigenvalue weighted by Crippen LogP contribution is 2.31. The zero-order chi connectivity index (χ0) is 24.1. The monoisotopic (exact) mass is 624 g/mol. The number of phenols is 1. The van der Waals surface area contributed by atoms with Crippen LogP contribution in [0.3, 0.4) is 0 Å². The number of halogens is 5. The number of aliphatic carboxylic acids is 2. The van der Waals surface area contributed by atoms with Crippen molar-refractivity contribution in [1.82, 2.24) is 5.32 Å². The standard InChI is InChI=1S/C16H20BrIN2O4.C2HF3O2/c1-20(2)5-3-4-13(20)15(22)19-12(16(23)24)8-9-6-10(17)14(21)11(18)7-9;3-2(4,5)1(6)7/h6-7,12-13H,3-5,8H2,1-2H3,(H2-,19,21,22,23,24);(H,6,7)/t12-,13+;/m0./s1. The van der Waals surface area contributed by atoms with Crippen LogP contribution in [0.15, 0.2) is 16.6 Å². The van der Waals surface area contributed by atoms with Crippen molar-refractivity contribution < 1.29 is 47.4 Å². The molecule has 1 aliphatic heterocycles. The Balaban J connectivity index is 0.000000592. The zero-order valence-corrected chi connectivity index (χ0v) is 20.2.